The Balaban J connectivity index is 0.00000141. The number of aliphatic carboxylic acids is 1. The fourth-order valence-corrected chi connectivity index (χ4v) is 7.58. The van der Waals surface area contributed by atoms with Crippen molar-refractivity contribution in [2.45, 2.75) is 96.9 Å². The Hall–Kier alpha value is -5.80. The quantitative estimate of drug-likeness (QED) is 0.0882. The smallest absolute Gasteiger partial charge is 0.490 e. The van der Waals surface area contributed by atoms with Crippen LogP contribution in [0.2, 0.25) is 0 Å². The number of ether oxygens (including phenoxy) is 6. The first-order chi connectivity index (χ1) is 33.3. The van der Waals surface area contributed by atoms with Crippen molar-refractivity contribution in [1.82, 2.24) is 20.4 Å². The van der Waals surface area contributed by atoms with Crippen molar-refractivity contribution < 1.29 is 70.7 Å². The van der Waals surface area contributed by atoms with Crippen molar-refractivity contribution in [1.29, 1.82) is 0 Å². The molecule has 3 aromatic rings. The highest BCUT2D eigenvalue weighted by Gasteiger charge is 2.43. The van der Waals surface area contributed by atoms with Crippen molar-refractivity contribution >= 4 is 29.8 Å². The van der Waals surface area contributed by atoms with Gasteiger partial charge in [0.1, 0.15) is 37.1 Å². The van der Waals surface area contributed by atoms with E-state index in [-0.39, 0.29) is 31.5 Å². The Morgan fingerprint density at radius 3 is 2.00 bits per heavy atom. The van der Waals surface area contributed by atoms with E-state index in [0.29, 0.717) is 71.8 Å². The van der Waals surface area contributed by atoms with Gasteiger partial charge in [0, 0.05) is 26.6 Å². The number of carboxylic acids is 1. The van der Waals surface area contributed by atoms with Crippen molar-refractivity contribution in [3.8, 4) is 5.75 Å². The molecule has 0 saturated heterocycles. The number of carbonyl (C=O) groups is 5. The van der Waals surface area contributed by atoms with Crippen molar-refractivity contribution in [3.05, 3.63) is 101 Å². The molecule has 3 aromatic carbocycles. The first kappa shape index (κ1) is 56.8. The van der Waals surface area contributed by atoms with Crippen LogP contribution in [0, 0.1) is 5.41 Å². The second-order valence-corrected chi connectivity index (χ2v) is 17.8. The zero-order chi connectivity index (χ0) is 51.3. The molecule has 0 radical (unpaired) electrons. The molecular formula is C50H68F3N5O12. The predicted molar refractivity (Wildman–Crippen MR) is 252 cm³/mol. The van der Waals surface area contributed by atoms with Crippen LogP contribution in [0.15, 0.2) is 72.8 Å². The lowest BCUT2D eigenvalue weighted by molar-refractivity contribution is -0.192. The third-order valence-electron chi connectivity index (χ3n) is 11.5. The van der Waals surface area contributed by atoms with Gasteiger partial charge in [-0.05, 0) is 71.6 Å². The molecular weight excluding hydrogens is 920 g/mol. The molecule has 1 aliphatic carbocycles. The lowest BCUT2D eigenvalue weighted by atomic mass is 9.83. The number of halogens is 3. The van der Waals surface area contributed by atoms with Gasteiger partial charge in [0.05, 0.1) is 58.9 Å². The summed E-state index contributed by atoms with van der Waals surface area (Å²) in [7, 11) is 1.49. The lowest BCUT2D eigenvalue weighted by Gasteiger charge is -2.42. The number of hydrogen-bond acceptors (Lipinski definition) is 12. The molecule has 70 heavy (non-hydrogen) atoms. The lowest BCUT2D eigenvalue weighted by Crippen LogP contribution is -2.62. The molecule has 386 valence electrons. The largest absolute Gasteiger partial charge is 0.491 e. The monoisotopic (exact) mass is 987 g/mol. The van der Waals surface area contributed by atoms with Gasteiger partial charge in [-0.2, -0.15) is 13.2 Å². The maximum absolute atomic E-state index is 14.9. The standard InChI is InChI=1S/C48H67N5O10.C2HF3O2/c1-34(52(5)47(57)63-33-35-12-7-6-8-13-35)44(54)51-43(48(2,3)4)46(56)53-32-38-30-39(62-29-28-61-27-26-60-25-24-59-23-22-58-21-20-49)19-18-37(38)31-42(53)45(55)50-41-17-11-15-36-14-9-10-16-40(36)41;3-2(4,5)1(6)7/h6-10,12-14,16,18-19,30,34,41-43H,11,15,17,20-29,31-33,49H2,1-5H3,(H,50,55)(H,51,54);(H,6,7)/t34-,41+,42-,43+;/m0./s1. The van der Waals surface area contributed by atoms with E-state index in [4.69, 9.17) is 44.1 Å². The molecule has 20 heteroatoms. The number of aryl methyl sites for hydroxylation is 1. The summed E-state index contributed by atoms with van der Waals surface area (Å²) in [6.07, 6.45) is -2.81. The van der Waals surface area contributed by atoms with Gasteiger partial charge in [-0.25, -0.2) is 9.59 Å². The summed E-state index contributed by atoms with van der Waals surface area (Å²) in [5, 5.41) is 13.4. The van der Waals surface area contributed by atoms with Gasteiger partial charge in [-0.1, -0.05) is 81.4 Å². The van der Waals surface area contributed by atoms with Gasteiger partial charge < -0.3 is 54.8 Å². The van der Waals surface area contributed by atoms with Gasteiger partial charge in [-0.15, -0.1) is 0 Å². The molecule has 4 atom stereocenters. The SMILES string of the molecule is C[C@@H](C(=O)N[C@H](C(=O)N1Cc2cc(OCCOCCOCCOCCOCCN)ccc2C[C@H]1C(=O)N[C@@H]1CCCc2ccccc21)C(C)(C)C)N(C)C(=O)OCc1ccccc1.O=C(O)C(F)(F)F. The van der Waals surface area contributed by atoms with E-state index in [1.807, 2.05) is 81.4 Å². The summed E-state index contributed by atoms with van der Waals surface area (Å²) in [4.78, 5) is 67.9. The summed E-state index contributed by atoms with van der Waals surface area (Å²) in [5.41, 5.74) is 9.51. The van der Waals surface area contributed by atoms with Crippen molar-refractivity contribution in [2.24, 2.45) is 11.1 Å². The summed E-state index contributed by atoms with van der Waals surface area (Å²) in [6, 6.07) is 20.1. The van der Waals surface area contributed by atoms with Gasteiger partial charge in [0.25, 0.3) is 0 Å². The second kappa shape index (κ2) is 28.1. The Kier molecular flexibility index (Phi) is 22.8. The minimum absolute atomic E-state index is 0.0503. The Morgan fingerprint density at radius 1 is 0.814 bits per heavy atom. The number of nitrogens with one attached hydrogen (secondary N) is 2. The third kappa shape index (κ3) is 18.2. The van der Waals surface area contributed by atoms with Crippen molar-refractivity contribution in [3.63, 3.8) is 0 Å². The van der Waals surface area contributed by atoms with E-state index in [1.54, 1.807) is 11.8 Å². The van der Waals surface area contributed by atoms with Gasteiger partial charge in [0.2, 0.25) is 17.7 Å². The van der Waals surface area contributed by atoms with E-state index in [0.717, 1.165) is 41.5 Å². The number of nitrogens with zero attached hydrogens (tertiary/aromatic N) is 2. The second-order valence-electron chi connectivity index (χ2n) is 17.8. The van der Waals surface area contributed by atoms with Crippen LogP contribution >= 0.6 is 0 Å². The number of carboxylic acid groups (broad SMARTS) is 1. The topological polar surface area (TPSA) is 218 Å². The number of benzene rings is 3. The van der Waals surface area contributed by atoms with E-state index in [1.165, 1.54) is 17.5 Å². The summed E-state index contributed by atoms with van der Waals surface area (Å²) < 4.78 is 65.2. The van der Waals surface area contributed by atoms with E-state index in [9.17, 15) is 32.3 Å². The molecule has 4 amide bonds. The van der Waals surface area contributed by atoms with Crippen LogP contribution in [0.1, 0.15) is 74.4 Å². The van der Waals surface area contributed by atoms with E-state index in [2.05, 4.69) is 22.8 Å². The fraction of sp³-hybridized carbons (Fsp3) is 0.540. The molecule has 0 fully saturated rings. The number of nitrogens with two attached hydrogens (primary N) is 1. The zero-order valence-corrected chi connectivity index (χ0v) is 40.6. The first-order valence-corrected chi connectivity index (χ1v) is 23.3. The average Bonchev–Trinajstić information content (AvgIpc) is 3.33. The van der Waals surface area contributed by atoms with Crippen LogP contribution in [-0.4, -0.2) is 142 Å². The molecule has 5 N–H and O–H groups in total. The van der Waals surface area contributed by atoms with Crippen LogP contribution < -0.4 is 21.1 Å². The molecule has 2 aliphatic rings. The summed E-state index contributed by atoms with van der Waals surface area (Å²) in [5.74, 6) is -3.35. The molecule has 0 aromatic heterocycles. The maximum atomic E-state index is 14.9. The van der Waals surface area contributed by atoms with Crippen LogP contribution in [0.3, 0.4) is 0 Å². The molecule has 1 aliphatic heterocycles. The number of amides is 4. The minimum Gasteiger partial charge on any atom is -0.491 e. The van der Waals surface area contributed by atoms with Gasteiger partial charge >= 0.3 is 18.2 Å². The molecule has 0 spiro atoms. The van der Waals surface area contributed by atoms with Crippen LogP contribution in [-0.2, 0) is 68.9 Å². The molecule has 0 saturated carbocycles. The Bertz CT molecular complexity index is 2140. The molecule has 0 unspecified atom stereocenters. The third-order valence-corrected chi connectivity index (χ3v) is 11.5. The fourth-order valence-electron chi connectivity index (χ4n) is 7.58. The normalized spacial score (nSPS) is 16.3. The number of hydrogen-bond donors (Lipinski definition) is 4. The van der Waals surface area contributed by atoms with Gasteiger partial charge in [-0.3, -0.25) is 19.3 Å². The zero-order valence-electron chi connectivity index (χ0n) is 40.6. The minimum atomic E-state index is -5.08. The number of likely N-dealkylation sites (N-methyl/N-ethyl adjacent to an activating group) is 1. The number of fused-ring (bicyclic) bond motifs is 2. The first-order valence-electron chi connectivity index (χ1n) is 23.3. The molecule has 17 nitrogen and oxygen atoms in total. The molecule has 1 heterocycles. The molecule has 5 rings (SSSR count). The van der Waals surface area contributed by atoms with Crippen molar-refractivity contribution in [2.75, 3.05) is 73.1 Å². The maximum Gasteiger partial charge on any atom is 0.490 e. The van der Waals surface area contributed by atoms with E-state index >= 15 is 0 Å². The average molecular weight is 988 g/mol. The Labute approximate surface area is 407 Å². The number of alkyl halides is 3. The van der Waals surface area contributed by atoms with Crippen LogP contribution in [0.5, 0.6) is 5.75 Å². The van der Waals surface area contributed by atoms with E-state index < -0.39 is 53.6 Å². The highest BCUT2D eigenvalue weighted by atomic mass is 19.4. The number of carbonyl (C=O) groups excluding carboxylic acids is 4. The molecule has 0 bridgehead atoms. The summed E-state index contributed by atoms with van der Waals surface area (Å²) >= 11 is 0. The highest BCUT2D eigenvalue weighted by molar-refractivity contribution is 5.94. The van der Waals surface area contributed by atoms with Crippen LogP contribution in [0.4, 0.5) is 18.0 Å². The summed E-state index contributed by atoms with van der Waals surface area (Å²) in [6.45, 7) is 11.7. The van der Waals surface area contributed by atoms with Crippen LogP contribution in [0.25, 0.3) is 0 Å². The number of rotatable bonds is 23. The highest BCUT2D eigenvalue weighted by Crippen LogP contribution is 2.33. The van der Waals surface area contributed by atoms with Gasteiger partial charge in [0.15, 0.2) is 0 Å². The Morgan fingerprint density at radius 2 is 1.40 bits per heavy atom. The predicted octanol–water partition coefficient (Wildman–Crippen LogP) is 5.36.